The number of fused-ring (bicyclic) bond motifs is 1. The van der Waals surface area contributed by atoms with Crippen LogP contribution in [0.5, 0.6) is 0 Å². The van der Waals surface area contributed by atoms with Crippen molar-refractivity contribution < 1.29 is 14.3 Å². The normalized spacial score (nSPS) is 13.7. The summed E-state index contributed by atoms with van der Waals surface area (Å²) >= 11 is 0. The summed E-state index contributed by atoms with van der Waals surface area (Å²) in [5.74, 6) is -0.248. The predicted molar refractivity (Wildman–Crippen MR) is 71.7 cm³/mol. The quantitative estimate of drug-likeness (QED) is 0.884. The lowest BCUT2D eigenvalue weighted by Crippen LogP contribution is -2.31. The highest BCUT2D eigenvalue weighted by molar-refractivity contribution is 5.73. The summed E-state index contributed by atoms with van der Waals surface area (Å²) in [6, 6.07) is 5.18. The van der Waals surface area contributed by atoms with Crippen LogP contribution in [0.2, 0.25) is 0 Å². The van der Waals surface area contributed by atoms with Gasteiger partial charge in [-0.25, -0.2) is 4.98 Å². The van der Waals surface area contributed by atoms with Crippen LogP contribution in [0.4, 0.5) is 0 Å². The molecule has 102 valence electrons. The molecule has 0 spiro atoms. The highest BCUT2D eigenvalue weighted by Gasteiger charge is 2.30. The van der Waals surface area contributed by atoms with E-state index in [-0.39, 0.29) is 12.5 Å². The molecule has 0 radical (unpaired) electrons. The van der Waals surface area contributed by atoms with Gasteiger partial charge in [0.05, 0.1) is 6.42 Å². The van der Waals surface area contributed by atoms with Crippen molar-refractivity contribution in [1.82, 2.24) is 4.98 Å². The van der Waals surface area contributed by atoms with Crippen LogP contribution in [0.25, 0.3) is 11.1 Å². The summed E-state index contributed by atoms with van der Waals surface area (Å²) in [6.45, 7) is 5.48. The van der Waals surface area contributed by atoms with E-state index < -0.39 is 11.4 Å². The molecule has 0 aliphatic carbocycles. The Bertz CT molecular complexity index is 616. The molecule has 0 saturated carbocycles. The maximum absolute atomic E-state index is 10.9. The van der Waals surface area contributed by atoms with Crippen LogP contribution in [-0.2, 0) is 4.79 Å². The summed E-state index contributed by atoms with van der Waals surface area (Å²) in [6.07, 6.45) is 0.0155. The molecule has 1 aromatic carbocycles. The number of benzene rings is 1. The summed E-state index contributed by atoms with van der Waals surface area (Å²) in [7, 11) is 0. The molecule has 1 atom stereocenters. The number of aromatic nitrogens is 1. The first-order chi connectivity index (χ1) is 8.79. The fraction of sp³-hybridized carbons (Fsp3) is 0.429. The minimum Gasteiger partial charge on any atom is -0.481 e. The Hall–Kier alpha value is -1.88. The molecule has 0 bridgehead atoms. The van der Waals surface area contributed by atoms with Crippen LogP contribution in [0.3, 0.4) is 0 Å². The first kappa shape index (κ1) is 13.5. The number of rotatable bonds is 4. The van der Waals surface area contributed by atoms with Gasteiger partial charge in [-0.05, 0) is 23.1 Å². The number of hydrogen-bond donors (Lipinski definition) is 2. The third-order valence-electron chi connectivity index (χ3n) is 3.33. The molecular formula is C14H18N2O3. The summed E-state index contributed by atoms with van der Waals surface area (Å²) < 4.78 is 5.47. The van der Waals surface area contributed by atoms with Crippen molar-refractivity contribution in [1.29, 1.82) is 0 Å². The zero-order valence-corrected chi connectivity index (χ0v) is 11.3. The number of nitrogens with two attached hydrogens (primary N) is 1. The van der Waals surface area contributed by atoms with Gasteiger partial charge >= 0.3 is 5.97 Å². The summed E-state index contributed by atoms with van der Waals surface area (Å²) in [5, 5.41) is 8.94. The van der Waals surface area contributed by atoms with Crippen LogP contribution < -0.4 is 5.73 Å². The maximum atomic E-state index is 10.9. The van der Waals surface area contributed by atoms with E-state index in [1.807, 2.05) is 32.0 Å². The monoisotopic (exact) mass is 262 g/mol. The Morgan fingerprint density at radius 2 is 2.21 bits per heavy atom. The van der Waals surface area contributed by atoms with E-state index in [9.17, 15) is 4.79 Å². The molecule has 1 unspecified atom stereocenters. The molecule has 5 heteroatoms. The van der Waals surface area contributed by atoms with E-state index in [2.05, 4.69) is 4.98 Å². The van der Waals surface area contributed by atoms with Gasteiger partial charge in [-0.2, -0.15) is 0 Å². The average Bonchev–Trinajstić information content (AvgIpc) is 2.65. The van der Waals surface area contributed by atoms with Crippen molar-refractivity contribution in [3.8, 4) is 0 Å². The third-order valence-corrected chi connectivity index (χ3v) is 3.33. The Morgan fingerprint density at radius 1 is 1.53 bits per heavy atom. The third kappa shape index (κ3) is 2.76. The molecule has 0 aliphatic heterocycles. The van der Waals surface area contributed by atoms with Crippen LogP contribution in [0.15, 0.2) is 22.6 Å². The molecule has 0 amide bonds. The molecule has 1 heterocycles. The van der Waals surface area contributed by atoms with Gasteiger partial charge in [0.25, 0.3) is 0 Å². The lowest BCUT2D eigenvalue weighted by atomic mass is 9.78. The smallest absolute Gasteiger partial charge is 0.303 e. The minimum atomic E-state index is -0.850. The van der Waals surface area contributed by atoms with Gasteiger partial charge in [-0.1, -0.05) is 19.9 Å². The fourth-order valence-corrected chi connectivity index (χ4v) is 2.20. The number of carbonyl (C=O) groups is 1. The SMILES string of the molecule is Cc1nc2ccc(C(N)C(C)(C)CC(=O)O)cc2o1. The van der Waals surface area contributed by atoms with E-state index >= 15 is 0 Å². The van der Waals surface area contributed by atoms with Gasteiger partial charge < -0.3 is 15.3 Å². The second-order valence-corrected chi connectivity index (χ2v) is 5.50. The summed E-state index contributed by atoms with van der Waals surface area (Å²) in [4.78, 5) is 15.1. The minimum absolute atomic E-state index is 0.0155. The van der Waals surface area contributed by atoms with Crippen molar-refractivity contribution in [2.24, 2.45) is 11.1 Å². The highest BCUT2D eigenvalue weighted by atomic mass is 16.4. The standard InChI is InChI=1S/C14H18N2O3/c1-8-16-10-5-4-9(6-11(10)19-8)13(15)14(2,3)7-12(17)18/h4-6,13H,7,15H2,1-3H3,(H,17,18). The largest absolute Gasteiger partial charge is 0.481 e. The van der Waals surface area contributed by atoms with E-state index in [4.69, 9.17) is 15.3 Å². The number of carboxylic acid groups (broad SMARTS) is 1. The molecule has 3 N–H and O–H groups in total. The zero-order chi connectivity index (χ0) is 14.2. The molecule has 0 aliphatic rings. The number of carboxylic acids is 1. The number of nitrogens with zero attached hydrogens (tertiary/aromatic N) is 1. The van der Waals surface area contributed by atoms with Crippen molar-refractivity contribution in [3.05, 3.63) is 29.7 Å². The van der Waals surface area contributed by atoms with Gasteiger partial charge in [0, 0.05) is 13.0 Å². The molecule has 5 nitrogen and oxygen atoms in total. The molecule has 19 heavy (non-hydrogen) atoms. The van der Waals surface area contributed by atoms with Crippen molar-refractivity contribution in [2.45, 2.75) is 33.2 Å². The maximum Gasteiger partial charge on any atom is 0.303 e. The molecule has 2 rings (SSSR count). The first-order valence-electron chi connectivity index (χ1n) is 6.14. The van der Waals surface area contributed by atoms with Gasteiger partial charge in [-0.3, -0.25) is 4.79 Å². The lowest BCUT2D eigenvalue weighted by Gasteiger charge is -2.30. The number of oxazole rings is 1. The number of aliphatic carboxylic acids is 1. The van der Waals surface area contributed by atoms with Crippen LogP contribution in [-0.4, -0.2) is 16.1 Å². The van der Waals surface area contributed by atoms with Gasteiger partial charge in [-0.15, -0.1) is 0 Å². The van der Waals surface area contributed by atoms with Gasteiger partial charge in [0.1, 0.15) is 5.52 Å². The van der Waals surface area contributed by atoms with Crippen molar-refractivity contribution >= 4 is 17.1 Å². The van der Waals surface area contributed by atoms with E-state index in [0.717, 1.165) is 11.1 Å². The number of hydrogen-bond acceptors (Lipinski definition) is 4. The second-order valence-electron chi connectivity index (χ2n) is 5.50. The molecule has 0 fully saturated rings. The molecule has 1 aromatic heterocycles. The van der Waals surface area contributed by atoms with E-state index in [0.29, 0.717) is 11.5 Å². The Morgan fingerprint density at radius 3 is 2.84 bits per heavy atom. The topological polar surface area (TPSA) is 89.3 Å². The van der Waals surface area contributed by atoms with Crippen molar-refractivity contribution in [2.75, 3.05) is 0 Å². The fourth-order valence-electron chi connectivity index (χ4n) is 2.20. The Labute approximate surface area is 111 Å². The van der Waals surface area contributed by atoms with E-state index in [1.165, 1.54) is 0 Å². The first-order valence-corrected chi connectivity index (χ1v) is 6.14. The average molecular weight is 262 g/mol. The molecule has 2 aromatic rings. The van der Waals surface area contributed by atoms with Crippen LogP contribution in [0, 0.1) is 12.3 Å². The van der Waals surface area contributed by atoms with Gasteiger partial charge in [0.15, 0.2) is 11.5 Å². The predicted octanol–water partition coefficient (Wildman–Crippen LogP) is 2.64. The Kier molecular flexibility index (Phi) is 3.32. The van der Waals surface area contributed by atoms with Crippen LogP contribution >= 0.6 is 0 Å². The number of aryl methyl sites for hydroxylation is 1. The van der Waals surface area contributed by atoms with Crippen molar-refractivity contribution in [3.63, 3.8) is 0 Å². The van der Waals surface area contributed by atoms with Gasteiger partial charge in [0.2, 0.25) is 0 Å². The van der Waals surface area contributed by atoms with E-state index in [1.54, 1.807) is 6.92 Å². The Balaban J connectivity index is 2.34. The highest BCUT2D eigenvalue weighted by Crippen LogP contribution is 2.35. The molecule has 0 saturated heterocycles. The lowest BCUT2D eigenvalue weighted by molar-refractivity contribution is -0.139. The zero-order valence-electron chi connectivity index (χ0n) is 11.3. The summed E-state index contributed by atoms with van der Waals surface area (Å²) in [5.41, 5.74) is 7.98. The molecular weight excluding hydrogens is 244 g/mol. The van der Waals surface area contributed by atoms with Crippen LogP contribution in [0.1, 0.15) is 37.8 Å². The second kappa shape index (κ2) is 4.66.